The van der Waals surface area contributed by atoms with Gasteiger partial charge in [0, 0.05) is 12.8 Å². The van der Waals surface area contributed by atoms with Crippen LogP contribution in [0.15, 0.2) is 109 Å². The molecule has 0 heterocycles. The van der Waals surface area contributed by atoms with Crippen LogP contribution in [0, 0.1) is 0 Å². The van der Waals surface area contributed by atoms with E-state index in [4.69, 9.17) is 13.8 Å². The van der Waals surface area contributed by atoms with Crippen molar-refractivity contribution >= 4 is 19.7 Å². The molecule has 0 aliphatic carbocycles. The molecule has 0 saturated carbocycles. The number of esters is 1. The molecule has 1 amide bonds. The Morgan fingerprint density at radius 1 is 0.434 bits per heavy atom. The number of quaternary nitrogens is 1. The molecule has 0 rings (SSSR count). The maximum absolute atomic E-state index is 13.6. The Morgan fingerprint density at radius 2 is 0.771 bits per heavy atom. The van der Waals surface area contributed by atoms with Crippen molar-refractivity contribution < 1.29 is 37.3 Å². The smallest absolute Gasteiger partial charge is 0.456 e. The number of ether oxygens (including phenoxy) is 1. The number of phosphoric ester groups is 1. The molecule has 3 atom stereocenters. The number of nitrogens with zero attached hydrogens (tertiary/aromatic N) is 1. The number of rotatable bonds is 61. The van der Waals surface area contributed by atoms with E-state index in [0.29, 0.717) is 17.4 Å². The largest absolute Gasteiger partial charge is 0.472 e. The standard InChI is InChI=1S/C73H129N2O7P/c1-7-10-13-16-19-22-25-27-29-31-33-35-36-37-38-40-42-44-46-48-51-54-57-60-63-66-73(77)82-71(64-61-58-55-52-49-24-21-18-15-12-9-3)70(69-81-83(78,79)80-68-67-75(4,5)6)74-72(76)65-62-59-56-53-50-47-45-43-41-39-34-32-30-28-26-23-20-17-14-11-8-2/h11,14,19-20,22-23,27-30,33-35,39,43,45,61,64,70-71H,7-10,12-13,15-18,21,24-26,31-32,36-38,40-42,44,46-60,62-63,65-69H2,1-6H3,(H-,74,76,78,79)/p+1/b14-11-,22-19-,23-20-,29-27-,30-28-,35-33-,39-34-,45-43-,64-61+. The lowest BCUT2D eigenvalue weighted by Crippen LogP contribution is -2.47. The third-order valence-corrected chi connectivity index (χ3v) is 15.7. The summed E-state index contributed by atoms with van der Waals surface area (Å²) < 4.78 is 30.8. The van der Waals surface area contributed by atoms with Gasteiger partial charge < -0.3 is 19.4 Å². The first-order chi connectivity index (χ1) is 40.4. The van der Waals surface area contributed by atoms with Crippen LogP contribution in [0.2, 0.25) is 0 Å². The van der Waals surface area contributed by atoms with Gasteiger partial charge in [-0.2, -0.15) is 0 Å². The van der Waals surface area contributed by atoms with Gasteiger partial charge in [-0.1, -0.05) is 272 Å². The highest BCUT2D eigenvalue weighted by Gasteiger charge is 2.30. The van der Waals surface area contributed by atoms with Crippen molar-refractivity contribution in [2.24, 2.45) is 0 Å². The molecule has 3 unspecified atom stereocenters. The molecule has 478 valence electrons. The van der Waals surface area contributed by atoms with Crippen molar-refractivity contribution in [1.82, 2.24) is 5.32 Å². The van der Waals surface area contributed by atoms with Gasteiger partial charge >= 0.3 is 13.8 Å². The molecule has 0 aromatic heterocycles. The molecule has 0 fully saturated rings. The Labute approximate surface area is 512 Å². The highest BCUT2D eigenvalue weighted by atomic mass is 31.2. The minimum absolute atomic E-state index is 0.0309. The van der Waals surface area contributed by atoms with Gasteiger partial charge in [-0.3, -0.25) is 18.6 Å². The van der Waals surface area contributed by atoms with Gasteiger partial charge in [-0.15, -0.1) is 0 Å². The summed E-state index contributed by atoms with van der Waals surface area (Å²) in [4.78, 5) is 37.8. The third kappa shape index (κ3) is 63.0. The first kappa shape index (κ1) is 79.7. The van der Waals surface area contributed by atoms with Crippen molar-refractivity contribution in [3.05, 3.63) is 109 Å². The number of carbonyl (C=O) groups is 2. The maximum atomic E-state index is 13.6. The molecule has 83 heavy (non-hydrogen) atoms. The molecule has 9 nitrogen and oxygen atoms in total. The molecule has 0 bridgehead atoms. The summed E-state index contributed by atoms with van der Waals surface area (Å²) in [6, 6.07) is -0.866. The normalized spacial score (nSPS) is 14.3. The third-order valence-electron chi connectivity index (χ3n) is 14.7. The van der Waals surface area contributed by atoms with Crippen molar-refractivity contribution in [3.63, 3.8) is 0 Å². The Bertz CT molecular complexity index is 1790. The molecule has 0 aromatic carbocycles. The SMILES string of the molecule is CC/C=C\C/C=C\C/C=C\C/C=C\C/C=C\CCCCCCCC(=O)NC(COP(=O)(O)OCC[N+](C)(C)C)C(/C=C/CCCCCCCCCCC)OC(=O)CCCCCCCCCCCCCC/C=C\C/C=C\C/C=C\CCCCC. The van der Waals surface area contributed by atoms with E-state index in [1.54, 1.807) is 0 Å². The van der Waals surface area contributed by atoms with Crippen LogP contribution >= 0.6 is 7.82 Å². The second-order valence-corrected chi connectivity index (χ2v) is 25.4. The quantitative estimate of drug-likeness (QED) is 0.0205. The highest BCUT2D eigenvalue weighted by Crippen LogP contribution is 2.43. The summed E-state index contributed by atoms with van der Waals surface area (Å²) in [5, 5.41) is 3.05. The van der Waals surface area contributed by atoms with Crippen LogP contribution in [-0.2, 0) is 27.9 Å². The van der Waals surface area contributed by atoms with Crippen LogP contribution in [0.25, 0.3) is 0 Å². The number of phosphoric acid groups is 1. The Balaban J connectivity index is 5.11. The van der Waals surface area contributed by atoms with Gasteiger partial charge in [0.25, 0.3) is 0 Å². The van der Waals surface area contributed by atoms with Crippen LogP contribution in [0.5, 0.6) is 0 Å². The zero-order valence-corrected chi connectivity index (χ0v) is 55.6. The molecule has 0 aliphatic rings. The molecule has 0 aromatic rings. The molecule has 0 saturated heterocycles. The number of allylic oxidation sites excluding steroid dienone is 17. The Morgan fingerprint density at radius 3 is 1.18 bits per heavy atom. The fourth-order valence-electron chi connectivity index (χ4n) is 9.44. The van der Waals surface area contributed by atoms with Gasteiger partial charge in [0.1, 0.15) is 19.3 Å². The number of unbranched alkanes of at least 4 members (excludes halogenated alkanes) is 29. The minimum atomic E-state index is -4.46. The van der Waals surface area contributed by atoms with E-state index in [0.717, 1.165) is 122 Å². The van der Waals surface area contributed by atoms with Crippen LogP contribution in [0.4, 0.5) is 0 Å². The minimum Gasteiger partial charge on any atom is -0.456 e. The van der Waals surface area contributed by atoms with Crippen molar-refractivity contribution in [1.29, 1.82) is 0 Å². The number of nitrogens with one attached hydrogen (secondary N) is 1. The molecule has 0 spiro atoms. The molecule has 2 N–H and O–H groups in total. The summed E-state index contributed by atoms with van der Waals surface area (Å²) in [5.74, 6) is -0.530. The van der Waals surface area contributed by atoms with E-state index >= 15 is 0 Å². The van der Waals surface area contributed by atoms with Crippen LogP contribution in [0.3, 0.4) is 0 Å². The van der Waals surface area contributed by atoms with Crippen molar-refractivity contribution in [2.45, 2.75) is 303 Å². The molecule has 10 heteroatoms. The van der Waals surface area contributed by atoms with E-state index in [9.17, 15) is 19.0 Å². The van der Waals surface area contributed by atoms with E-state index in [2.05, 4.69) is 123 Å². The van der Waals surface area contributed by atoms with Gasteiger partial charge in [-0.25, -0.2) is 4.57 Å². The van der Waals surface area contributed by atoms with Gasteiger partial charge in [0.15, 0.2) is 0 Å². The second kappa shape index (κ2) is 61.7. The predicted octanol–water partition coefficient (Wildman–Crippen LogP) is 21.7. The van der Waals surface area contributed by atoms with Gasteiger partial charge in [0.2, 0.25) is 5.91 Å². The average molecular weight is 1180 g/mol. The number of amides is 1. The monoisotopic (exact) mass is 1180 g/mol. The van der Waals surface area contributed by atoms with Crippen LogP contribution < -0.4 is 5.32 Å². The fraction of sp³-hybridized carbons (Fsp3) is 0.726. The molecule has 0 radical (unpaired) electrons. The summed E-state index contributed by atoms with van der Waals surface area (Å²) in [6.07, 6.45) is 85.2. The Hall–Kier alpha value is -3.33. The first-order valence-electron chi connectivity index (χ1n) is 34.2. The van der Waals surface area contributed by atoms with Crippen LogP contribution in [-0.4, -0.2) is 74.3 Å². The lowest BCUT2D eigenvalue weighted by molar-refractivity contribution is -0.870. The number of hydrogen-bond donors (Lipinski definition) is 2. The van der Waals surface area contributed by atoms with Crippen LogP contribution in [0.1, 0.15) is 290 Å². The highest BCUT2D eigenvalue weighted by molar-refractivity contribution is 7.47. The summed E-state index contributed by atoms with van der Waals surface area (Å²) in [5.41, 5.74) is 0. The van der Waals surface area contributed by atoms with E-state index < -0.39 is 20.0 Å². The second-order valence-electron chi connectivity index (χ2n) is 24.0. The predicted molar refractivity (Wildman–Crippen MR) is 360 cm³/mol. The first-order valence-corrected chi connectivity index (χ1v) is 35.7. The molecule has 0 aliphatic heterocycles. The average Bonchev–Trinajstić information content (AvgIpc) is 3.51. The summed E-state index contributed by atoms with van der Waals surface area (Å²) in [7, 11) is 1.47. The van der Waals surface area contributed by atoms with E-state index in [1.165, 1.54) is 135 Å². The van der Waals surface area contributed by atoms with E-state index in [1.807, 2.05) is 33.3 Å². The lowest BCUT2D eigenvalue weighted by Gasteiger charge is -2.27. The zero-order chi connectivity index (χ0) is 60.7. The summed E-state index contributed by atoms with van der Waals surface area (Å²) >= 11 is 0. The topological polar surface area (TPSA) is 111 Å². The number of hydrogen-bond acceptors (Lipinski definition) is 6. The maximum Gasteiger partial charge on any atom is 0.472 e. The van der Waals surface area contributed by atoms with Gasteiger partial charge in [0.05, 0.1) is 33.8 Å². The summed E-state index contributed by atoms with van der Waals surface area (Å²) in [6.45, 7) is 6.86. The van der Waals surface area contributed by atoms with Crippen molar-refractivity contribution in [3.8, 4) is 0 Å². The number of likely N-dealkylation sites (N-methyl/N-ethyl adjacent to an activating group) is 1. The fourth-order valence-corrected chi connectivity index (χ4v) is 10.2. The Kier molecular flexibility index (Phi) is 59.3. The molecular weight excluding hydrogens is 1050 g/mol. The molecular formula is C73H130N2O7P+. The van der Waals surface area contributed by atoms with Crippen molar-refractivity contribution in [2.75, 3.05) is 40.9 Å². The number of carbonyl (C=O) groups excluding carboxylic acids is 2. The zero-order valence-electron chi connectivity index (χ0n) is 54.7. The van der Waals surface area contributed by atoms with E-state index in [-0.39, 0.29) is 31.5 Å². The lowest BCUT2D eigenvalue weighted by atomic mass is 10.0. The van der Waals surface area contributed by atoms with Gasteiger partial charge in [-0.05, 0) is 115 Å².